The molecule has 0 N–H and O–H groups in total. The van der Waals surface area contributed by atoms with Crippen molar-refractivity contribution in [1.82, 2.24) is 0 Å². The minimum absolute atomic E-state index is 0.743. The summed E-state index contributed by atoms with van der Waals surface area (Å²) < 4.78 is 7.19. The van der Waals surface area contributed by atoms with Gasteiger partial charge in [0.15, 0.2) is 17.4 Å². The molecule has 1 fully saturated rings. The Morgan fingerprint density at radius 2 is 1.35 bits per heavy atom. The highest BCUT2D eigenvalue weighted by Crippen LogP contribution is 2.45. The van der Waals surface area contributed by atoms with Gasteiger partial charge in [0, 0.05) is 0 Å². The molecule has 1 saturated carbocycles. The highest BCUT2D eigenvalue weighted by Gasteiger charge is 2.47. The Morgan fingerprint density at radius 3 is 1.70 bits per heavy atom. The largest absolute Gasteiger partial charge is 0.457 e. The first-order chi connectivity index (χ1) is 9.36. The van der Waals surface area contributed by atoms with Crippen LogP contribution in [0.5, 0.6) is 0 Å². The maximum Gasteiger partial charge on any atom is 0.187 e. The number of rotatable bonds is 7. The lowest BCUT2D eigenvalue weighted by Gasteiger charge is -2.46. The van der Waals surface area contributed by atoms with Gasteiger partial charge >= 0.3 is 0 Å². The van der Waals surface area contributed by atoms with E-state index in [4.69, 9.17) is 4.12 Å². The van der Waals surface area contributed by atoms with Crippen molar-refractivity contribution >= 4 is 17.4 Å². The van der Waals surface area contributed by atoms with Gasteiger partial charge < -0.3 is 4.12 Å². The van der Waals surface area contributed by atoms with Crippen LogP contribution >= 0.6 is 0 Å². The van der Waals surface area contributed by atoms with Crippen LogP contribution < -0.4 is 0 Å². The highest BCUT2D eigenvalue weighted by atomic mass is 28.4. The molecular formula is C17H38OSi2. The zero-order valence-electron chi connectivity index (χ0n) is 15.0. The van der Waals surface area contributed by atoms with Crippen molar-refractivity contribution in [2.45, 2.75) is 109 Å². The Labute approximate surface area is 130 Å². The number of hydrogen-bond acceptors (Lipinski definition) is 1. The van der Waals surface area contributed by atoms with Crippen molar-refractivity contribution in [1.29, 1.82) is 0 Å². The summed E-state index contributed by atoms with van der Waals surface area (Å²) in [5.74, 6) is 0. The molecule has 1 aliphatic carbocycles. The number of hydrogen-bond donors (Lipinski definition) is 0. The van der Waals surface area contributed by atoms with Crippen LogP contribution in [0.25, 0.3) is 0 Å². The molecule has 0 amide bonds. The molecule has 0 heterocycles. The molecule has 1 atom stereocenters. The summed E-state index contributed by atoms with van der Waals surface area (Å²) >= 11 is 0. The summed E-state index contributed by atoms with van der Waals surface area (Å²) in [6.07, 6.45) is 7.30. The lowest BCUT2D eigenvalue weighted by molar-refractivity contribution is 0.426. The fourth-order valence-corrected chi connectivity index (χ4v) is 17.4. The normalized spacial score (nSPS) is 20.1. The van der Waals surface area contributed by atoms with Crippen LogP contribution in [-0.4, -0.2) is 17.4 Å². The third-order valence-corrected chi connectivity index (χ3v) is 16.4. The van der Waals surface area contributed by atoms with Crippen LogP contribution in [0.15, 0.2) is 0 Å². The summed E-state index contributed by atoms with van der Waals surface area (Å²) in [5.41, 5.74) is 3.20. The molecule has 1 unspecified atom stereocenters. The Hall–Kier alpha value is 0.394. The van der Waals surface area contributed by atoms with E-state index in [1.54, 1.807) is 0 Å². The van der Waals surface area contributed by atoms with Crippen LogP contribution in [0, 0.1) is 0 Å². The van der Waals surface area contributed by atoms with Gasteiger partial charge in [0.05, 0.1) is 0 Å². The summed E-state index contributed by atoms with van der Waals surface area (Å²) in [4.78, 5) is 0. The van der Waals surface area contributed by atoms with E-state index in [-0.39, 0.29) is 0 Å². The predicted molar refractivity (Wildman–Crippen MR) is 96.6 cm³/mol. The average Bonchev–Trinajstić information content (AvgIpc) is 2.39. The van der Waals surface area contributed by atoms with E-state index in [1.165, 1.54) is 38.1 Å². The standard InChI is InChI=1S/C17H38OSi2/c1-8-19(17-12-10-9-11-13-17)18-20(14(2)3,15(4)5)16(6)7/h14-17,19H,8-13H2,1-7H3. The van der Waals surface area contributed by atoms with Crippen LogP contribution in [0.1, 0.15) is 80.6 Å². The van der Waals surface area contributed by atoms with Gasteiger partial charge in [-0.3, -0.25) is 0 Å². The topological polar surface area (TPSA) is 9.23 Å². The Morgan fingerprint density at radius 1 is 0.900 bits per heavy atom. The molecule has 0 aromatic heterocycles. The second-order valence-electron chi connectivity index (χ2n) is 7.78. The van der Waals surface area contributed by atoms with E-state index in [0.29, 0.717) is 0 Å². The van der Waals surface area contributed by atoms with Crippen LogP contribution in [-0.2, 0) is 4.12 Å². The lowest BCUT2D eigenvalue weighted by Crippen LogP contribution is -2.52. The van der Waals surface area contributed by atoms with Crippen LogP contribution in [0.3, 0.4) is 0 Å². The molecule has 3 heteroatoms. The van der Waals surface area contributed by atoms with Gasteiger partial charge in [-0.25, -0.2) is 0 Å². The van der Waals surface area contributed by atoms with Gasteiger partial charge in [-0.2, -0.15) is 0 Å². The SMILES string of the molecule is CC[SiH](O[Si](C(C)C)(C(C)C)C(C)C)C1CCCCC1. The van der Waals surface area contributed by atoms with Crippen molar-refractivity contribution in [3.63, 3.8) is 0 Å². The summed E-state index contributed by atoms with van der Waals surface area (Å²) in [6.45, 7) is 16.9. The van der Waals surface area contributed by atoms with Crippen molar-refractivity contribution in [3.05, 3.63) is 0 Å². The molecule has 20 heavy (non-hydrogen) atoms. The summed E-state index contributed by atoms with van der Waals surface area (Å²) in [6, 6.07) is 1.34. The maximum absolute atomic E-state index is 7.19. The predicted octanol–water partition coefficient (Wildman–Crippen LogP) is 6.26. The molecule has 0 aromatic rings. The molecule has 0 aromatic carbocycles. The molecule has 120 valence electrons. The Bertz CT molecular complexity index is 248. The van der Waals surface area contributed by atoms with Gasteiger partial charge in [0.25, 0.3) is 0 Å². The van der Waals surface area contributed by atoms with E-state index in [0.717, 1.165) is 22.2 Å². The molecule has 1 aliphatic rings. The quantitative estimate of drug-likeness (QED) is 0.504. The monoisotopic (exact) mass is 314 g/mol. The minimum Gasteiger partial charge on any atom is -0.457 e. The second kappa shape index (κ2) is 8.14. The van der Waals surface area contributed by atoms with Crippen molar-refractivity contribution in [2.24, 2.45) is 0 Å². The summed E-state index contributed by atoms with van der Waals surface area (Å²) in [5, 5.41) is 0. The molecule has 1 rings (SSSR count). The Kier molecular flexibility index (Phi) is 7.51. The molecular weight excluding hydrogens is 276 g/mol. The van der Waals surface area contributed by atoms with E-state index in [9.17, 15) is 0 Å². The van der Waals surface area contributed by atoms with Gasteiger partial charge in [-0.05, 0) is 28.2 Å². The zero-order valence-corrected chi connectivity index (χ0v) is 17.2. The van der Waals surface area contributed by atoms with Gasteiger partial charge in [0.2, 0.25) is 0 Å². The zero-order chi connectivity index (χ0) is 15.3. The molecule has 0 spiro atoms. The first-order valence-corrected chi connectivity index (χ1v) is 13.1. The van der Waals surface area contributed by atoms with E-state index >= 15 is 0 Å². The van der Waals surface area contributed by atoms with E-state index < -0.39 is 17.4 Å². The second-order valence-corrected chi connectivity index (χ2v) is 16.7. The van der Waals surface area contributed by atoms with Gasteiger partial charge in [-0.1, -0.05) is 80.6 Å². The van der Waals surface area contributed by atoms with E-state index in [1.807, 2.05) is 0 Å². The van der Waals surface area contributed by atoms with E-state index in [2.05, 4.69) is 48.5 Å². The average molecular weight is 315 g/mol. The molecule has 0 radical (unpaired) electrons. The third kappa shape index (κ3) is 3.98. The molecule has 0 saturated heterocycles. The fraction of sp³-hybridized carbons (Fsp3) is 1.00. The Balaban J connectivity index is 2.90. The van der Waals surface area contributed by atoms with Crippen LogP contribution in [0.4, 0.5) is 0 Å². The highest BCUT2D eigenvalue weighted by molar-refractivity contribution is 6.83. The van der Waals surface area contributed by atoms with Gasteiger partial charge in [-0.15, -0.1) is 0 Å². The van der Waals surface area contributed by atoms with Gasteiger partial charge in [0.1, 0.15) is 0 Å². The third-order valence-electron chi connectivity index (χ3n) is 5.64. The lowest BCUT2D eigenvalue weighted by atomic mass is 10.0. The maximum atomic E-state index is 7.19. The summed E-state index contributed by atoms with van der Waals surface area (Å²) in [7, 11) is -2.66. The molecule has 0 bridgehead atoms. The first kappa shape index (κ1) is 18.4. The van der Waals surface area contributed by atoms with Crippen LogP contribution in [0.2, 0.25) is 28.2 Å². The molecule has 0 aliphatic heterocycles. The van der Waals surface area contributed by atoms with Crippen molar-refractivity contribution in [2.75, 3.05) is 0 Å². The molecule has 1 nitrogen and oxygen atoms in total. The first-order valence-electron chi connectivity index (χ1n) is 9.04. The fourth-order valence-electron chi connectivity index (χ4n) is 4.69. The smallest absolute Gasteiger partial charge is 0.187 e. The van der Waals surface area contributed by atoms with Crippen molar-refractivity contribution in [3.8, 4) is 0 Å². The van der Waals surface area contributed by atoms with Crippen molar-refractivity contribution < 1.29 is 4.12 Å². The minimum atomic E-state index is -1.63.